The number of carbonyl (C=O) groups excluding carboxylic acids is 2. The van der Waals surface area contributed by atoms with Gasteiger partial charge in [0.2, 0.25) is 5.91 Å². The molecule has 1 aromatic carbocycles. The lowest BCUT2D eigenvalue weighted by Crippen LogP contribution is -2.42. The van der Waals surface area contributed by atoms with Crippen LogP contribution in [0, 0.1) is 6.92 Å². The zero-order chi connectivity index (χ0) is 15.5. The van der Waals surface area contributed by atoms with Gasteiger partial charge < -0.3 is 14.5 Å². The van der Waals surface area contributed by atoms with Crippen LogP contribution in [0.3, 0.4) is 0 Å². The molecule has 1 aromatic rings. The second-order valence-corrected chi connectivity index (χ2v) is 6.00. The van der Waals surface area contributed by atoms with E-state index in [1.54, 1.807) is 4.90 Å². The number of carbonyl (C=O) groups is 2. The van der Waals surface area contributed by atoms with Gasteiger partial charge in [0.15, 0.2) is 6.61 Å². The van der Waals surface area contributed by atoms with Crippen LogP contribution in [0.4, 0.5) is 5.69 Å². The maximum atomic E-state index is 12.3. The number of hydrogen-bond acceptors (Lipinski definition) is 3. The van der Waals surface area contributed by atoms with Crippen molar-refractivity contribution in [3.05, 3.63) is 23.8 Å². The summed E-state index contributed by atoms with van der Waals surface area (Å²) >= 11 is 0. The first kappa shape index (κ1) is 14.9. The van der Waals surface area contributed by atoms with Gasteiger partial charge in [-0.2, -0.15) is 0 Å². The summed E-state index contributed by atoms with van der Waals surface area (Å²) in [5.74, 6) is 0.792. The monoisotopic (exact) mass is 302 g/mol. The van der Waals surface area contributed by atoms with Crippen LogP contribution in [0.25, 0.3) is 0 Å². The summed E-state index contributed by atoms with van der Waals surface area (Å²) in [5.41, 5.74) is 1.87. The number of anilines is 1. The molecule has 2 heterocycles. The van der Waals surface area contributed by atoms with Crippen molar-refractivity contribution in [2.24, 2.45) is 0 Å². The minimum Gasteiger partial charge on any atom is -0.482 e. The maximum Gasteiger partial charge on any atom is 0.265 e. The highest BCUT2D eigenvalue weighted by Crippen LogP contribution is 2.32. The van der Waals surface area contributed by atoms with Crippen molar-refractivity contribution in [2.75, 3.05) is 31.1 Å². The molecule has 1 saturated heterocycles. The van der Waals surface area contributed by atoms with Crippen LogP contribution in [0.1, 0.15) is 31.2 Å². The van der Waals surface area contributed by atoms with Crippen molar-refractivity contribution in [2.45, 2.75) is 32.6 Å². The van der Waals surface area contributed by atoms with Crippen molar-refractivity contribution in [3.8, 4) is 5.75 Å². The van der Waals surface area contributed by atoms with Crippen LogP contribution >= 0.6 is 0 Å². The van der Waals surface area contributed by atoms with Gasteiger partial charge >= 0.3 is 0 Å². The Balaban J connectivity index is 1.67. The number of rotatable bonds is 3. The minimum atomic E-state index is -0.0807. The quantitative estimate of drug-likeness (QED) is 0.859. The fraction of sp³-hybridized carbons (Fsp3) is 0.529. The summed E-state index contributed by atoms with van der Waals surface area (Å²) in [6, 6.07) is 5.79. The summed E-state index contributed by atoms with van der Waals surface area (Å²) in [4.78, 5) is 28.0. The van der Waals surface area contributed by atoms with E-state index in [0.717, 1.165) is 42.9 Å². The highest BCUT2D eigenvalue weighted by molar-refractivity contribution is 5.98. The zero-order valence-corrected chi connectivity index (χ0v) is 13.0. The zero-order valence-electron chi connectivity index (χ0n) is 13.0. The smallest absolute Gasteiger partial charge is 0.265 e. The van der Waals surface area contributed by atoms with Gasteiger partial charge in [-0.1, -0.05) is 6.07 Å². The Labute approximate surface area is 130 Å². The molecule has 2 amide bonds. The fourth-order valence-electron chi connectivity index (χ4n) is 3.07. The normalized spacial score (nSPS) is 18.0. The van der Waals surface area contributed by atoms with Gasteiger partial charge in [-0.05, 0) is 43.9 Å². The average Bonchev–Trinajstić information content (AvgIpc) is 2.54. The van der Waals surface area contributed by atoms with Gasteiger partial charge in [-0.3, -0.25) is 9.59 Å². The third kappa shape index (κ3) is 3.08. The molecule has 0 atom stereocenters. The first-order chi connectivity index (χ1) is 10.6. The van der Waals surface area contributed by atoms with Crippen molar-refractivity contribution < 1.29 is 14.3 Å². The Hall–Kier alpha value is -2.04. The number of benzene rings is 1. The summed E-state index contributed by atoms with van der Waals surface area (Å²) in [5, 5.41) is 0. The first-order valence-electron chi connectivity index (χ1n) is 7.97. The molecule has 2 aliphatic heterocycles. The van der Waals surface area contributed by atoms with Gasteiger partial charge in [0.25, 0.3) is 5.91 Å². The molecule has 0 N–H and O–H groups in total. The molecule has 2 aliphatic rings. The third-order valence-corrected chi connectivity index (χ3v) is 4.32. The molecule has 5 nitrogen and oxygen atoms in total. The highest BCUT2D eigenvalue weighted by atomic mass is 16.5. The molecule has 0 radical (unpaired) electrons. The van der Waals surface area contributed by atoms with E-state index in [1.165, 1.54) is 6.42 Å². The van der Waals surface area contributed by atoms with Gasteiger partial charge in [0.05, 0.1) is 5.69 Å². The molecule has 118 valence electrons. The van der Waals surface area contributed by atoms with Crippen molar-refractivity contribution in [1.82, 2.24) is 4.90 Å². The lowest BCUT2D eigenvalue weighted by Gasteiger charge is -2.31. The Bertz CT molecular complexity index is 579. The number of amides is 2. The molecular weight excluding hydrogens is 280 g/mol. The molecule has 0 bridgehead atoms. The Kier molecular flexibility index (Phi) is 4.32. The molecule has 0 aliphatic carbocycles. The topological polar surface area (TPSA) is 49.9 Å². The molecule has 22 heavy (non-hydrogen) atoms. The Morgan fingerprint density at radius 2 is 2.00 bits per heavy atom. The van der Waals surface area contributed by atoms with E-state index in [-0.39, 0.29) is 18.4 Å². The van der Waals surface area contributed by atoms with Crippen molar-refractivity contribution >= 4 is 17.5 Å². The predicted molar refractivity (Wildman–Crippen MR) is 84.1 cm³/mol. The van der Waals surface area contributed by atoms with E-state index in [0.29, 0.717) is 13.0 Å². The molecule has 0 aromatic heterocycles. The summed E-state index contributed by atoms with van der Waals surface area (Å²) in [6.07, 6.45) is 3.76. The number of aryl methyl sites for hydroxylation is 1. The second-order valence-electron chi connectivity index (χ2n) is 6.00. The molecule has 5 heteroatoms. The second kappa shape index (κ2) is 6.38. The van der Waals surface area contributed by atoms with Gasteiger partial charge in [0, 0.05) is 26.1 Å². The number of ether oxygens (including phenoxy) is 1. The Morgan fingerprint density at radius 1 is 1.23 bits per heavy atom. The Morgan fingerprint density at radius 3 is 2.77 bits per heavy atom. The third-order valence-electron chi connectivity index (χ3n) is 4.32. The van der Waals surface area contributed by atoms with E-state index in [1.807, 2.05) is 30.0 Å². The number of likely N-dealkylation sites (tertiary alicyclic amines) is 1. The first-order valence-corrected chi connectivity index (χ1v) is 7.97. The lowest BCUT2D eigenvalue weighted by atomic mass is 10.1. The largest absolute Gasteiger partial charge is 0.482 e. The van der Waals surface area contributed by atoms with Crippen molar-refractivity contribution in [1.29, 1.82) is 0 Å². The summed E-state index contributed by atoms with van der Waals surface area (Å²) in [6.45, 7) is 4.17. The van der Waals surface area contributed by atoms with Crippen LogP contribution < -0.4 is 9.64 Å². The molecule has 0 spiro atoms. The van der Waals surface area contributed by atoms with Gasteiger partial charge in [0.1, 0.15) is 5.75 Å². The van der Waals surface area contributed by atoms with E-state index in [2.05, 4.69) is 0 Å². The van der Waals surface area contributed by atoms with Crippen LogP contribution in [-0.2, 0) is 9.59 Å². The van der Waals surface area contributed by atoms with Crippen LogP contribution in [-0.4, -0.2) is 43.0 Å². The van der Waals surface area contributed by atoms with E-state index in [4.69, 9.17) is 4.74 Å². The predicted octanol–water partition coefficient (Wildman–Crippen LogP) is 2.12. The number of nitrogens with zero attached hydrogens (tertiary/aromatic N) is 2. The average molecular weight is 302 g/mol. The highest BCUT2D eigenvalue weighted by Gasteiger charge is 2.26. The van der Waals surface area contributed by atoms with Gasteiger partial charge in [-0.15, -0.1) is 0 Å². The minimum absolute atomic E-state index is 0.0500. The van der Waals surface area contributed by atoms with E-state index in [9.17, 15) is 9.59 Å². The molecule has 0 unspecified atom stereocenters. The van der Waals surface area contributed by atoms with Crippen molar-refractivity contribution in [3.63, 3.8) is 0 Å². The summed E-state index contributed by atoms with van der Waals surface area (Å²) < 4.78 is 5.48. The van der Waals surface area contributed by atoms with Gasteiger partial charge in [-0.25, -0.2) is 0 Å². The molecule has 3 rings (SSSR count). The van der Waals surface area contributed by atoms with E-state index < -0.39 is 0 Å². The maximum absolute atomic E-state index is 12.3. The number of fused-ring (bicyclic) bond motifs is 1. The molecule has 1 fully saturated rings. The van der Waals surface area contributed by atoms with Crippen LogP contribution in [0.2, 0.25) is 0 Å². The lowest BCUT2D eigenvalue weighted by molar-refractivity contribution is -0.131. The number of hydrogen-bond donors (Lipinski definition) is 0. The molecular formula is C17H22N2O3. The van der Waals surface area contributed by atoms with E-state index >= 15 is 0 Å². The molecule has 0 saturated carbocycles. The fourth-order valence-corrected chi connectivity index (χ4v) is 3.07. The van der Waals surface area contributed by atoms with Crippen LogP contribution in [0.5, 0.6) is 5.75 Å². The summed E-state index contributed by atoms with van der Waals surface area (Å²) in [7, 11) is 0. The number of piperidine rings is 1. The standard InChI is InChI=1S/C17H22N2O3/c1-13-5-6-14-15(11-13)22-12-17(21)19(14)10-7-16(20)18-8-3-2-4-9-18/h5-6,11H,2-4,7-10,12H2,1H3. The SMILES string of the molecule is Cc1ccc2c(c1)OCC(=O)N2CCC(=O)N1CCCCC1. The van der Waals surface area contributed by atoms with Crippen LogP contribution in [0.15, 0.2) is 18.2 Å².